The van der Waals surface area contributed by atoms with E-state index in [0.717, 1.165) is 14.5 Å². The minimum absolute atomic E-state index is 0.159. The van der Waals surface area contributed by atoms with Gasteiger partial charge in [-0.15, -0.1) is 0 Å². The first-order chi connectivity index (χ1) is 12.1. The van der Waals surface area contributed by atoms with Crippen molar-refractivity contribution in [3.63, 3.8) is 0 Å². The van der Waals surface area contributed by atoms with Crippen molar-refractivity contribution < 1.29 is 4.52 Å². The first-order valence-electron chi connectivity index (χ1n) is 7.33. The molecule has 0 fully saturated rings. The summed E-state index contributed by atoms with van der Waals surface area (Å²) in [4.78, 5) is 21.3. The van der Waals surface area contributed by atoms with Crippen LogP contribution in [0.3, 0.4) is 0 Å². The maximum absolute atomic E-state index is 12.6. The predicted octanol–water partition coefficient (Wildman–Crippen LogP) is 4.02. The topological polar surface area (TPSA) is 73.8 Å². The van der Waals surface area contributed by atoms with Crippen molar-refractivity contribution in [1.82, 2.24) is 19.7 Å². The van der Waals surface area contributed by atoms with E-state index in [-0.39, 0.29) is 12.1 Å². The van der Waals surface area contributed by atoms with Gasteiger partial charge in [-0.2, -0.15) is 4.98 Å². The van der Waals surface area contributed by atoms with Crippen LogP contribution in [0.15, 0.2) is 67.1 Å². The van der Waals surface area contributed by atoms with Gasteiger partial charge < -0.3 is 4.52 Å². The van der Waals surface area contributed by atoms with Crippen LogP contribution >= 0.6 is 31.9 Å². The molecule has 0 aliphatic rings. The van der Waals surface area contributed by atoms with Crippen LogP contribution in [0.25, 0.3) is 22.3 Å². The van der Waals surface area contributed by atoms with E-state index >= 15 is 0 Å². The van der Waals surface area contributed by atoms with Crippen molar-refractivity contribution in [2.45, 2.75) is 6.54 Å². The third kappa shape index (κ3) is 3.27. The molecule has 4 rings (SSSR count). The fourth-order valence-corrected chi connectivity index (χ4v) is 3.21. The third-order valence-corrected chi connectivity index (χ3v) is 4.63. The molecule has 0 N–H and O–H groups in total. The average molecular weight is 462 g/mol. The molecule has 0 atom stereocenters. The zero-order valence-electron chi connectivity index (χ0n) is 12.7. The number of benzene rings is 2. The molecule has 25 heavy (non-hydrogen) atoms. The largest absolute Gasteiger partial charge is 0.337 e. The maximum Gasteiger partial charge on any atom is 0.261 e. The van der Waals surface area contributed by atoms with E-state index in [1.165, 1.54) is 10.9 Å². The second-order valence-electron chi connectivity index (χ2n) is 5.36. The van der Waals surface area contributed by atoms with Crippen LogP contribution < -0.4 is 5.56 Å². The van der Waals surface area contributed by atoms with Crippen LogP contribution in [0, 0.1) is 0 Å². The normalized spacial score (nSPS) is 11.1. The van der Waals surface area contributed by atoms with Gasteiger partial charge in [0.2, 0.25) is 11.7 Å². The van der Waals surface area contributed by atoms with Gasteiger partial charge >= 0.3 is 0 Å². The molecular weight excluding hydrogens is 452 g/mol. The summed E-state index contributed by atoms with van der Waals surface area (Å²) in [6.45, 7) is 0.162. The van der Waals surface area contributed by atoms with Crippen molar-refractivity contribution in [2.24, 2.45) is 0 Å². The molecule has 2 aromatic carbocycles. The zero-order chi connectivity index (χ0) is 17.4. The van der Waals surface area contributed by atoms with Gasteiger partial charge in [-0.3, -0.25) is 9.36 Å². The molecule has 0 saturated carbocycles. The second-order valence-corrected chi connectivity index (χ2v) is 7.19. The molecule has 0 bridgehead atoms. The third-order valence-electron chi connectivity index (χ3n) is 3.64. The lowest BCUT2D eigenvalue weighted by atomic mass is 10.2. The summed E-state index contributed by atoms with van der Waals surface area (Å²) in [6.07, 6.45) is 1.49. The first-order valence-corrected chi connectivity index (χ1v) is 8.92. The Labute approximate surface area is 158 Å². The molecule has 2 heterocycles. The Kier molecular flexibility index (Phi) is 4.22. The lowest BCUT2D eigenvalue weighted by Crippen LogP contribution is -2.21. The molecule has 0 radical (unpaired) electrons. The molecular formula is C17H10Br2N4O2. The molecule has 124 valence electrons. The van der Waals surface area contributed by atoms with Crippen LogP contribution in [0.4, 0.5) is 0 Å². The van der Waals surface area contributed by atoms with Gasteiger partial charge in [0, 0.05) is 14.5 Å². The van der Waals surface area contributed by atoms with Crippen molar-refractivity contribution in [3.05, 3.63) is 74.0 Å². The lowest BCUT2D eigenvalue weighted by molar-refractivity contribution is 0.369. The van der Waals surface area contributed by atoms with E-state index in [4.69, 9.17) is 4.52 Å². The SMILES string of the molecule is O=c1c2cc(Br)ccc2ncn1Cc1nc(-c2cccc(Br)c2)no1. The highest BCUT2D eigenvalue weighted by Gasteiger charge is 2.12. The second kappa shape index (κ2) is 6.53. The standard InChI is InChI=1S/C17H10Br2N4O2/c18-11-3-1-2-10(6-11)16-21-15(25-22-16)8-23-9-20-14-5-4-12(19)7-13(14)17(23)24/h1-7,9H,8H2. The minimum atomic E-state index is -0.159. The summed E-state index contributed by atoms with van der Waals surface area (Å²) in [7, 11) is 0. The Morgan fingerprint density at radius 1 is 1.08 bits per heavy atom. The predicted molar refractivity (Wildman–Crippen MR) is 100 cm³/mol. The smallest absolute Gasteiger partial charge is 0.261 e. The van der Waals surface area contributed by atoms with Crippen LogP contribution in [0.5, 0.6) is 0 Å². The van der Waals surface area contributed by atoms with Crippen LogP contribution in [-0.4, -0.2) is 19.7 Å². The number of hydrogen-bond donors (Lipinski definition) is 0. The fourth-order valence-electron chi connectivity index (χ4n) is 2.45. The molecule has 6 nitrogen and oxygen atoms in total. The summed E-state index contributed by atoms with van der Waals surface area (Å²) < 4.78 is 8.48. The Balaban J connectivity index is 1.68. The highest BCUT2D eigenvalue weighted by atomic mass is 79.9. The molecule has 2 aromatic heterocycles. The van der Waals surface area contributed by atoms with Crippen molar-refractivity contribution in [1.29, 1.82) is 0 Å². The van der Waals surface area contributed by atoms with Crippen LogP contribution in [0.2, 0.25) is 0 Å². The Morgan fingerprint density at radius 3 is 2.76 bits per heavy atom. The number of halogens is 2. The minimum Gasteiger partial charge on any atom is -0.337 e. The van der Waals surface area contributed by atoms with Gasteiger partial charge in [0.25, 0.3) is 5.56 Å². The molecule has 8 heteroatoms. The first kappa shape index (κ1) is 16.2. The molecule has 0 aliphatic heterocycles. The molecule has 0 spiro atoms. The summed E-state index contributed by atoms with van der Waals surface area (Å²) in [5.41, 5.74) is 1.32. The number of fused-ring (bicyclic) bond motifs is 1. The number of hydrogen-bond acceptors (Lipinski definition) is 5. The van der Waals surface area contributed by atoms with E-state index in [1.54, 1.807) is 12.1 Å². The van der Waals surface area contributed by atoms with Gasteiger partial charge in [-0.25, -0.2) is 4.98 Å². The van der Waals surface area contributed by atoms with E-state index in [9.17, 15) is 4.79 Å². The van der Waals surface area contributed by atoms with Crippen LogP contribution in [-0.2, 0) is 6.54 Å². The van der Waals surface area contributed by atoms with Gasteiger partial charge in [0.15, 0.2) is 0 Å². The van der Waals surface area contributed by atoms with E-state index < -0.39 is 0 Å². The van der Waals surface area contributed by atoms with Crippen LogP contribution in [0.1, 0.15) is 5.89 Å². The highest BCUT2D eigenvalue weighted by Crippen LogP contribution is 2.20. The highest BCUT2D eigenvalue weighted by molar-refractivity contribution is 9.10. The average Bonchev–Trinajstić information content (AvgIpc) is 3.07. The van der Waals surface area contributed by atoms with Gasteiger partial charge in [-0.05, 0) is 30.3 Å². The van der Waals surface area contributed by atoms with E-state index in [2.05, 4.69) is 47.0 Å². The summed E-state index contributed by atoms with van der Waals surface area (Å²) in [5, 5.41) is 4.51. The number of rotatable bonds is 3. The van der Waals surface area contributed by atoms with E-state index in [0.29, 0.717) is 22.6 Å². The summed E-state index contributed by atoms with van der Waals surface area (Å²) in [5.74, 6) is 0.814. The maximum atomic E-state index is 12.6. The Bertz CT molecular complexity index is 1140. The summed E-state index contributed by atoms with van der Waals surface area (Å²) >= 11 is 6.79. The monoisotopic (exact) mass is 460 g/mol. The quantitative estimate of drug-likeness (QED) is 0.460. The lowest BCUT2D eigenvalue weighted by Gasteiger charge is -2.03. The number of aromatic nitrogens is 4. The number of nitrogens with zero attached hydrogens (tertiary/aromatic N) is 4. The van der Waals surface area contributed by atoms with Crippen molar-refractivity contribution in [2.75, 3.05) is 0 Å². The van der Waals surface area contributed by atoms with Gasteiger partial charge in [-0.1, -0.05) is 49.1 Å². The molecule has 0 aliphatic carbocycles. The molecule has 0 saturated heterocycles. The fraction of sp³-hybridized carbons (Fsp3) is 0.0588. The summed E-state index contributed by atoms with van der Waals surface area (Å²) in [6, 6.07) is 13.0. The zero-order valence-corrected chi connectivity index (χ0v) is 15.9. The van der Waals surface area contributed by atoms with Gasteiger partial charge in [0.05, 0.1) is 17.2 Å². The van der Waals surface area contributed by atoms with Crippen molar-refractivity contribution >= 4 is 42.8 Å². The molecule has 0 unspecified atom stereocenters. The van der Waals surface area contributed by atoms with Gasteiger partial charge in [0.1, 0.15) is 6.54 Å². The Hall–Kier alpha value is -2.32. The van der Waals surface area contributed by atoms with E-state index in [1.807, 2.05) is 30.3 Å². The molecule has 0 amide bonds. The Morgan fingerprint density at radius 2 is 1.92 bits per heavy atom. The molecule has 4 aromatic rings. The van der Waals surface area contributed by atoms with Crippen molar-refractivity contribution in [3.8, 4) is 11.4 Å².